The zero-order valence-electron chi connectivity index (χ0n) is 11.2. The molecule has 4 nitrogen and oxygen atoms in total. The van der Waals surface area contributed by atoms with Crippen molar-refractivity contribution in [2.45, 2.75) is 52.4 Å². The van der Waals surface area contributed by atoms with Crippen LogP contribution in [0.4, 0.5) is 0 Å². The molecule has 0 bridgehead atoms. The minimum absolute atomic E-state index is 0.282. The second kappa shape index (κ2) is 11.2. The van der Waals surface area contributed by atoms with Gasteiger partial charge in [0.25, 0.3) is 0 Å². The summed E-state index contributed by atoms with van der Waals surface area (Å²) in [4.78, 5) is 0. The fourth-order valence-electron chi connectivity index (χ4n) is 1.68. The van der Waals surface area contributed by atoms with E-state index in [1.807, 2.05) is 13.8 Å². The smallest absolute Gasteiger partial charge is 0.330 e. The Hall–Kier alpha value is 0.110. The Morgan fingerprint density at radius 2 is 1.35 bits per heavy atom. The lowest BCUT2D eigenvalue weighted by Gasteiger charge is -2.16. The van der Waals surface area contributed by atoms with Crippen molar-refractivity contribution in [3.8, 4) is 0 Å². The van der Waals surface area contributed by atoms with Gasteiger partial charge in [-0.1, -0.05) is 25.7 Å². The fourth-order valence-corrected chi connectivity index (χ4v) is 3.41. The van der Waals surface area contributed by atoms with Gasteiger partial charge in [0.05, 0.1) is 19.4 Å². The Bertz CT molecular complexity index is 199. The molecule has 0 aromatic rings. The summed E-state index contributed by atoms with van der Waals surface area (Å²) >= 11 is 0. The van der Waals surface area contributed by atoms with Crippen molar-refractivity contribution in [3.63, 3.8) is 0 Å². The van der Waals surface area contributed by atoms with Crippen molar-refractivity contribution in [3.05, 3.63) is 0 Å². The highest BCUT2D eigenvalue weighted by Gasteiger charge is 2.22. The van der Waals surface area contributed by atoms with E-state index in [9.17, 15) is 4.57 Å². The number of hydrogen-bond acceptors (Lipinski definition) is 4. The van der Waals surface area contributed by atoms with Crippen molar-refractivity contribution in [1.29, 1.82) is 0 Å². The molecular formula is C12H27O4P. The first-order valence-corrected chi connectivity index (χ1v) is 8.40. The molecule has 0 aliphatic heterocycles. The molecule has 0 saturated carbocycles. The minimum atomic E-state index is -2.82. The van der Waals surface area contributed by atoms with Crippen LogP contribution < -0.4 is 0 Å². The van der Waals surface area contributed by atoms with E-state index in [4.69, 9.17) is 14.2 Å². The molecule has 17 heavy (non-hydrogen) atoms. The molecule has 0 aromatic carbocycles. The molecule has 0 amide bonds. The lowest BCUT2D eigenvalue weighted by atomic mass is 10.1. The first-order valence-electron chi connectivity index (χ1n) is 6.67. The van der Waals surface area contributed by atoms with Gasteiger partial charge in [-0.15, -0.1) is 0 Å². The quantitative estimate of drug-likeness (QED) is 0.433. The molecule has 0 saturated heterocycles. The molecule has 104 valence electrons. The van der Waals surface area contributed by atoms with Crippen LogP contribution in [0, 0.1) is 0 Å². The van der Waals surface area contributed by atoms with E-state index in [1.54, 1.807) is 0 Å². The van der Waals surface area contributed by atoms with Crippen LogP contribution in [0.5, 0.6) is 0 Å². The summed E-state index contributed by atoms with van der Waals surface area (Å²) in [5.41, 5.74) is 0. The second-order valence-electron chi connectivity index (χ2n) is 4.01. The highest BCUT2D eigenvalue weighted by molar-refractivity contribution is 7.53. The summed E-state index contributed by atoms with van der Waals surface area (Å²) in [5.74, 6) is 0. The number of rotatable bonds is 12. The summed E-state index contributed by atoms with van der Waals surface area (Å²) in [6.45, 7) is 4.83. The molecule has 0 aliphatic rings. The van der Waals surface area contributed by atoms with Gasteiger partial charge in [0.15, 0.2) is 0 Å². The minimum Gasteiger partial charge on any atom is -0.396 e. The van der Waals surface area contributed by atoms with Gasteiger partial charge in [0.2, 0.25) is 0 Å². The van der Waals surface area contributed by atoms with Crippen molar-refractivity contribution >= 4 is 7.60 Å². The second-order valence-corrected chi connectivity index (χ2v) is 6.20. The number of hydrogen-bond donors (Lipinski definition) is 1. The lowest BCUT2D eigenvalue weighted by molar-refractivity contribution is 0.219. The summed E-state index contributed by atoms with van der Waals surface area (Å²) in [6, 6.07) is 0. The first kappa shape index (κ1) is 17.1. The van der Waals surface area contributed by atoms with Crippen LogP contribution in [0.25, 0.3) is 0 Å². The van der Waals surface area contributed by atoms with Gasteiger partial charge in [0.1, 0.15) is 0 Å². The van der Waals surface area contributed by atoms with E-state index >= 15 is 0 Å². The van der Waals surface area contributed by atoms with Crippen LogP contribution in [-0.4, -0.2) is 31.1 Å². The topological polar surface area (TPSA) is 55.8 Å². The largest absolute Gasteiger partial charge is 0.396 e. The van der Waals surface area contributed by atoms with E-state index in [0.717, 1.165) is 38.5 Å². The molecule has 0 radical (unpaired) electrons. The Balaban J connectivity index is 3.58. The molecule has 0 atom stereocenters. The molecule has 0 spiro atoms. The molecular weight excluding hydrogens is 239 g/mol. The van der Waals surface area contributed by atoms with E-state index in [2.05, 4.69) is 0 Å². The van der Waals surface area contributed by atoms with Crippen molar-refractivity contribution < 1.29 is 18.7 Å². The van der Waals surface area contributed by atoms with Gasteiger partial charge < -0.3 is 14.2 Å². The van der Waals surface area contributed by atoms with Crippen LogP contribution >= 0.6 is 7.60 Å². The van der Waals surface area contributed by atoms with E-state index in [1.165, 1.54) is 0 Å². The summed E-state index contributed by atoms with van der Waals surface area (Å²) in [5, 5.41) is 8.62. The van der Waals surface area contributed by atoms with E-state index in [0.29, 0.717) is 19.4 Å². The molecule has 0 heterocycles. The summed E-state index contributed by atoms with van der Waals surface area (Å²) in [6.07, 6.45) is 6.68. The van der Waals surface area contributed by atoms with Crippen LogP contribution in [0.2, 0.25) is 0 Å². The third kappa shape index (κ3) is 9.78. The van der Waals surface area contributed by atoms with Crippen molar-refractivity contribution in [2.75, 3.05) is 26.0 Å². The Morgan fingerprint density at radius 1 is 0.882 bits per heavy atom. The third-order valence-electron chi connectivity index (χ3n) is 2.49. The van der Waals surface area contributed by atoms with Gasteiger partial charge in [0, 0.05) is 6.61 Å². The molecule has 0 unspecified atom stereocenters. The van der Waals surface area contributed by atoms with Crippen molar-refractivity contribution in [2.24, 2.45) is 0 Å². The van der Waals surface area contributed by atoms with Gasteiger partial charge >= 0.3 is 7.60 Å². The Kier molecular flexibility index (Phi) is 11.3. The van der Waals surface area contributed by atoms with Gasteiger partial charge in [-0.05, 0) is 26.7 Å². The number of unbranched alkanes of at least 4 members (excludes halogenated alkanes) is 5. The maximum atomic E-state index is 12.1. The maximum Gasteiger partial charge on any atom is 0.330 e. The Labute approximate surface area is 105 Å². The highest BCUT2D eigenvalue weighted by Crippen LogP contribution is 2.48. The zero-order chi connectivity index (χ0) is 13.0. The average Bonchev–Trinajstić information content (AvgIpc) is 2.28. The molecule has 0 rings (SSSR count). The first-order chi connectivity index (χ1) is 8.18. The third-order valence-corrected chi connectivity index (χ3v) is 4.66. The number of aliphatic hydroxyl groups is 1. The van der Waals surface area contributed by atoms with E-state index in [-0.39, 0.29) is 6.61 Å². The summed E-state index contributed by atoms with van der Waals surface area (Å²) in [7, 11) is -2.82. The molecule has 0 fully saturated rings. The summed E-state index contributed by atoms with van der Waals surface area (Å²) < 4.78 is 22.5. The number of aliphatic hydroxyl groups excluding tert-OH is 1. The predicted octanol–water partition coefficient (Wildman–Crippen LogP) is 3.59. The average molecular weight is 266 g/mol. The van der Waals surface area contributed by atoms with Crippen LogP contribution in [0.15, 0.2) is 0 Å². The van der Waals surface area contributed by atoms with Gasteiger partial charge in [-0.3, -0.25) is 4.57 Å². The highest BCUT2D eigenvalue weighted by atomic mass is 31.2. The van der Waals surface area contributed by atoms with Crippen LogP contribution in [0.3, 0.4) is 0 Å². The monoisotopic (exact) mass is 266 g/mol. The predicted molar refractivity (Wildman–Crippen MR) is 70.5 cm³/mol. The standard InChI is InChI=1S/C12H27O4P/c1-3-15-17(14,16-4-2)12-10-8-6-5-7-9-11-13/h13H,3-12H2,1-2H3. The maximum absolute atomic E-state index is 12.1. The normalized spacial score (nSPS) is 11.9. The van der Waals surface area contributed by atoms with Crippen molar-refractivity contribution in [1.82, 2.24) is 0 Å². The van der Waals surface area contributed by atoms with Crippen LogP contribution in [-0.2, 0) is 13.6 Å². The van der Waals surface area contributed by atoms with Crippen LogP contribution in [0.1, 0.15) is 52.4 Å². The fraction of sp³-hybridized carbons (Fsp3) is 1.00. The Morgan fingerprint density at radius 3 is 1.82 bits per heavy atom. The molecule has 1 N–H and O–H groups in total. The molecule has 0 aliphatic carbocycles. The van der Waals surface area contributed by atoms with Gasteiger partial charge in [-0.25, -0.2) is 0 Å². The molecule has 0 aromatic heterocycles. The SMILES string of the molecule is CCOP(=O)(CCCCCCCCO)OCC. The van der Waals surface area contributed by atoms with E-state index < -0.39 is 7.60 Å². The van der Waals surface area contributed by atoms with Gasteiger partial charge in [-0.2, -0.15) is 0 Å². The molecule has 5 heteroatoms. The zero-order valence-corrected chi connectivity index (χ0v) is 12.1. The lowest BCUT2D eigenvalue weighted by Crippen LogP contribution is -2.00.